The minimum absolute atomic E-state index is 0.175. The second kappa shape index (κ2) is 6.41. The fourth-order valence-electron chi connectivity index (χ4n) is 1.37. The average Bonchev–Trinajstić information content (AvgIpc) is 2.29. The van der Waals surface area contributed by atoms with Crippen LogP contribution in [-0.2, 0) is 0 Å². The van der Waals surface area contributed by atoms with Gasteiger partial charge in [0.05, 0.1) is 11.3 Å². The third-order valence-electron chi connectivity index (χ3n) is 2.19. The zero-order valence-electron chi connectivity index (χ0n) is 9.66. The molecule has 1 aromatic carbocycles. The van der Waals surface area contributed by atoms with Crippen molar-refractivity contribution in [2.75, 3.05) is 17.6 Å². The molecule has 1 unspecified atom stereocenters. The van der Waals surface area contributed by atoms with Crippen LogP contribution in [-0.4, -0.2) is 18.3 Å². The molecular weight excluding hydrogens is 218 g/mol. The number of nitrogens with two attached hydrogens (primary N) is 1. The number of hydrogen-bond acceptors (Lipinski definition) is 4. The first-order valence-electron chi connectivity index (χ1n) is 5.35. The van der Waals surface area contributed by atoms with Crippen molar-refractivity contribution in [3.63, 3.8) is 0 Å². The zero-order chi connectivity index (χ0) is 12.0. The fourth-order valence-corrected chi connectivity index (χ4v) is 2.15. The number of nitrogens with zero attached hydrogens (tertiary/aromatic N) is 1. The van der Waals surface area contributed by atoms with Crippen molar-refractivity contribution in [3.05, 3.63) is 23.8 Å². The summed E-state index contributed by atoms with van der Waals surface area (Å²) in [6, 6.07) is 8.29. The summed E-state index contributed by atoms with van der Waals surface area (Å²) in [6.07, 6.45) is 0. The summed E-state index contributed by atoms with van der Waals surface area (Å²) < 4.78 is 0. The zero-order valence-corrected chi connectivity index (χ0v) is 10.5. The number of anilines is 1. The largest absolute Gasteiger partial charge is 0.380 e. The first-order valence-corrected chi connectivity index (χ1v) is 6.34. The van der Waals surface area contributed by atoms with E-state index in [4.69, 9.17) is 5.73 Å². The Labute approximate surface area is 101 Å². The summed E-state index contributed by atoms with van der Waals surface area (Å²) >= 11 is 1.68. The maximum absolute atomic E-state index is 9.18. The summed E-state index contributed by atoms with van der Waals surface area (Å²) in [7, 11) is 0. The molecule has 0 aliphatic heterocycles. The van der Waals surface area contributed by atoms with Crippen LogP contribution in [0.15, 0.2) is 23.1 Å². The lowest BCUT2D eigenvalue weighted by atomic mass is 10.1. The predicted octanol–water partition coefficient (Wildman–Crippen LogP) is 2.43. The van der Waals surface area contributed by atoms with E-state index in [0.29, 0.717) is 6.54 Å². The quantitative estimate of drug-likeness (QED) is 0.769. The molecule has 0 bridgehead atoms. The van der Waals surface area contributed by atoms with E-state index in [1.165, 1.54) is 0 Å². The van der Waals surface area contributed by atoms with Crippen molar-refractivity contribution in [1.82, 2.24) is 0 Å². The minimum Gasteiger partial charge on any atom is -0.380 e. The molecule has 1 rings (SSSR count). The van der Waals surface area contributed by atoms with Crippen LogP contribution in [0.3, 0.4) is 0 Å². The summed E-state index contributed by atoms with van der Waals surface area (Å²) in [5.41, 5.74) is 7.15. The lowest BCUT2D eigenvalue weighted by Crippen LogP contribution is -2.25. The van der Waals surface area contributed by atoms with Gasteiger partial charge in [-0.25, -0.2) is 0 Å². The van der Waals surface area contributed by atoms with Crippen LogP contribution >= 0.6 is 11.8 Å². The number of nitriles is 1. The molecule has 0 spiro atoms. The maximum Gasteiger partial charge on any atom is 0.102 e. The highest BCUT2D eigenvalue weighted by molar-refractivity contribution is 7.99. The molecule has 0 saturated carbocycles. The Morgan fingerprint density at radius 3 is 2.88 bits per heavy atom. The van der Waals surface area contributed by atoms with Crippen LogP contribution in [0.4, 0.5) is 5.69 Å². The standard InChI is InChI=1S/C12H17N3S/c1-3-16-12-6-4-5-11(10(12)8-14)15-9(2)7-13/h4-6,9,15H,3,7,13H2,1-2H3. The average molecular weight is 235 g/mol. The SMILES string of the molecule is CCSc1cccc(NC(C)CN)c1C#N. The van der Waals surface area contributed by atoms with Crippen molar-refractivity contribution in [1.29, 1.82) is 5.26 Å². The monoisotopic (exact) mass is 235 g/mol. The van der Waals surface area contributed by atoms with E-state index < -0.39 is 0 Å². The van der Waals surface area contributed by atoms with Gasteiger partial charge in [-0.05, 0) is 24.8 Å². The molecule has 0 saturated heterocycles. The predicted molar refractivity (Wildman–Crippen MR) is 69.7 cm³/mol. The summed E-state index contributed by atoms with van der Waals surface area (Å²) in [5, 5.41) is 12.4. The lowest BCUT2D eigenvalue weighted by Gasteiger charge is -2.15. The van der Waals surface area contributed by atoms with Gasteiger partial charge in [-0.3, -0.25) is 0 Å². The number of benzene rings is 1. The van der Waals surface area contributed by atoms with Crippen LogP contribution in [0, 0.1) is 11.3 Å². The molecule has 16 heavy (non-hydrogen) atoms. The number of thioether (sulfide) groups is 1. The smallest absolute Gasteiger partial charge is 0.102 e. The van der Waals surface area contributed by atoms with Crippen LogP contribution in [0.5, 0.6) is 0 Å². The number of rotatable bonds is 5. The van der Waals surface area contributed by atoms with Crippen LogP contribution in [0.25, 0.3) is 0 Å². The van der Waals surface area contributed by atoms with Crippen molar-refractivity contribution in [2.24, 2.45) is 5.73 Å². The molecule has 3 nitrogen and oxygen atoms in total. The molecule has 4 heteroatoms. The van der Waals surface area contributed by atoms with Gasteiger partial charge < -0.3 is 11.1 Å². The van der Waals surface area contributed by atoms with Crippen LogP contribution < -0.4 is 11.1 Å². The Bertz CT molecular complexity index is 384. The molecule has 0 aromatic heterocycles. The van der Waals surface area contributed by atoms with Gasteiger partial charge in [0.1, 0.15) is 6.07 Å². The van der Waals surface area contributed by atoms with Crippen molar-refractivity contribution >= 4 is 17.4 Å². The highest BCUT2D eigenvalue weighted by atomic mass is 32.2. The van der Waals surface area contributed by atoms with Gasteiger partial charge in [-0.1, -0.05) is 13.0 Å². The molecule has 0 aliphatic rings. The van der Waals surface area contributed by atoms with E-state index in [2.05, 4.69) is 18.3 Å². The number of hydrogen-bond donors (Lipinski definition) is 2. The van der Waals surface area contributed by atoms with Crippen LogP contribution in [0.1, 0.15) is 19.4 Å². The maximum atomic E-state index is 9.18. The van der Waals surface area contributed by atoms with Gasteiger partial charge in [-0.2, -0.15) is 5.26 Å². The van der Waals surface area contributed by atoms with Gasteiger partial charge in [0, 0.05) is 17.5 Å². The van der Waals surface area contributed by atoms with Gasteiger partial charge >= 0.3 is 0 Å². The van der Waals surface area contributed by atoms with Gasteiger partial charge in [0.15, 0.2) is 0 Å². The van der Waals surface area contributed by atoms with E-state index in [0.717, 1.165) is 21.9 Å². The minimum atomic E-state index is 0.175. The Hall–Kier alpha value is -1.18. The highest BCUT2D eigenvalue weighted by Gasteiger charge is 2.09. The van der Waals surface area contributed by atoms with E-state index in [1.54, 1.807) is 11.8 Å². The Balaban J connectivity index is 3.00. The third kappa shape index (κ3) is 3.16. The van der Waals surface area contributed by atoms with E-state index in [-0.39, 0.29) is 6.04 Å². The molecule has 0 aliphatic carbocycles. The second-order valence-corrected chi connectivity index (χ2v) is 4.81. The molecule has 3 N–H and O–H groups in total. The molecule has 0 heterocycles. The third-order valence-corrected chi connectivity index (χ3v) is 3.13. The van der Waals surface area contributed by atoms with Gasteiger partial charge in [-0.15, -0.1) is 11.8 Å². The van der Waals surface area contributed by atoms with E-state index in [1.807, 2.05) is 25.1 Å². The van der Waals surface area contributed by atoms with Gasteiger partial charge in [0.2, 0.25) is 0 Å². The molecule has 1 aromatic rings. The summed E-state index contributed by atoms with van der Waals surface area (Å²) in [5.74, 6) is 0.963. The highest BCUT2D eigenvalue weighted by Crippen LogP contribution is 2.28. The second-order valence-electron chi connectivity index (χ2n) is 3.50. The molecule has 86 valence electrons. The first kappa shape index (κ1) is 12.9. The molecule has 0 amide bonds. The topological polar surface area (TPSA) is 61.8 Å². The van der Waals surface area contributed by atoms with Crippen molar-refractivity contribution in [3.8, 4) is 6.07 Å². The molecule has 0 radical (unpaired) electrons. The van der Waals surface area contributed by atoms with Crippen molar-refractivity contribution in [2.45, 2.75) is 24.8 Å². The molecule has 0 fully saturated rings. The Morgan fingerprint density at radius 2 is 2.31 bits per heavy atom. The number of nitrogens with one attached hydrogen (secondary N) is 1. The summed E-state index contributed by atoms with van der Waals surface area (Å²) in [6.45, 7) is 4.63. The van der Waals surface area contributed by atoms with Crippen molar-refractivity contribution < 1.29 is 0 Å². The molecular formula is C12H17N3S. The Morgan fingerprint density at radius 1 is 1.56 bits per heavy atom. The first-order chi connectivity index (χ1) is 7.72. The van der Waals surface area contributed by atoms with Crippen LogP contribution in [0.2, 0.25) is 0 Å². The van der Waals surface area contributed by atoms with Gasteiger partial charge in [0.25, 0.3) is 0 Å². The van der Waals surface area contributed by atoms with E-state index in [9.17, 15) is 5.26 Å². The Kier molecular flexibility index (Phi) is 5.17. The molecule has 1 atom stereocenters. The summed E-state index contributed by atoms with van der Waals surface area (Å²) in [4.78, 5) is 1.03. The van der Waals surface area contributed by atoms with E-state index >= 15 is 0 Å². The normalized spacial score (nSPS) is 11.9. The lowest BCUT2D eigenvalue weighted by molar-refractivity contribution is 0.803. The fraction of sp³-hybridized carbons (Fsp3) is 0.417.